The number of nitrogens with one attached hydrogen (secondary N) is 1. The molecule has 0 bridgehead atoms. The predicted molar refractivity (Wildman–Crippen MR) is 243 cm³/mol. The first-order valence-electron chi connectivity index (χ1n) is 20.6. The molecule has 0 aromatic heterocycles. The highest BCUT2D eigenvalue weighted by molar-refractivity contribution is 6.74. The molecule has 0 saturated carbocycles. The summed E-state index contributed by atoms with van der Waals surface area (Å²) in [6.07, 6.45) is 1.63. The summed E-state index contributed by atoms with van der Waals surface area (Å²) >= 11 is 0. The highest BCUT2D eigenvalue weighted by Crippen LogP contribution is 2.39. The number of nitrogens with zero attached hydrogens (tertiary/aromatic N) is 1. The maximum Gasteiger partial charge on any atom is 0.192 e. The van der Waals surface area contributed by atoms with Crippen LogP contribution in [0.25, 0.3) is 0 Å². The molecule has 0 heterocycles. The molecule has 0 aliphatic heterocycles. The van der Waals surface area contributed by atoms with E-state index in [4.69, 9.17) is 13.9 Å². The molecule has 0 aliphatic rings. The SMILES string of the molecule is COc1ccc(C[C@@H](CN(Cc2ccccc2)[C@H](CO[Si](C)(C)C(C)(C)C)Cc2ccc(OC)cc2)NC(c2ccccc2)(c2ccccc2)c2ccccc2)cc1. The lowest BCUT2D eigenvalue weighted by Gasteiger charge is -2.43. The van der Waals surface area contributed by atoms with Gasteiger partial charge in [0.2, 0.25) is 0 Å². The van der Waals surface area contributed by atoms with E-state index in [0.29, 0.717) is 6.61 Å². The van der Waals surface area contributed by atoms with E-state index in [1.54, 1.807) is 14.2 Å². The average molecular weight is 791 g/mol. The zero-order valence-electron chi connectivity index (χ0n) is 35.5. The van der Waals surface area contributed by atoms with E-state index in [2.05, 4.69) is 214 Å². The maximum atomic E-state index is 7.16. The maximum absolute atomic E-state index is 7.16. The molecule has 0 fully saturated rings. The average Bonchev–Trinajstić information content (AvgIpc) is 3.25. The first-order valence-corrected chi connectivity index (χ1v) is 23.5. The summed E-state index contributed by atoms with van der Waals surface area (Å²) in [6.45, 7) is 13.9. The van der Waals surface area contributed by atoms with Crippen LogP contribution in [0.5, 0.6) is 11.5 Å². The molecule has 0 amide bonds. The van der Waals surface area contributed by atoms with E-state index in [0.717, 1.165) is 37.4 Å². The number of benzene rings is 6. The van der Waals surface area contributed by atoms with Gasteiger partial charge in [-0.3, -0.25) is 10.2 Å². The van der Waals surface area contributed by atoms with E-state index in [1.165, 1.54) is 33.4 Å². The molecule has 0 spiro atoms. The molecule has 0 saturated heterocycles. The molecule has 0 aliphatic carbocycles. The van der Waals surface area contributed by atoms with Gasteiger partial charge in [-0.15, -0.1) is 0 Å². The fourth-order valence-corrected chi connectivity index (χ4v) is 8.66. The van der Waals surface area contributed by atoms with Gasteiger partial charge in [-0.1, -0.05) is 166 Å². The van der Waals surface area contributed by atoms with Gasteiger partial charge in [0, 0.05) is 31.8 Å². The topological polar surface area (TPSA) is 43.0 Å². The van der Waals surface area contributed by atoms with E-state index in [-0.39, 0.29) is 17.1 Å². The van der Waals surface area contributed by atoms with Gasteiger partial charge in [0.05, 0.1) is 19.8 Å². The van der Waals surface area contributed by atoms with Gasteiger partial charge < -0.3 is 13.9 Å². The summed E-state index contributed by atoms with van der Waals surface area (Å²) < 4.78 is 18.3. The van der Waals surface area contributed by atoms with Gasteiger partial charge in [0.25, 0.3) is 0 Å². The molecule has 0 unspecified atom stereocenters. The molecular formula is C52H62N2O3Si. The van der Waals surface area contributed by atoms with Crippen LogP contribution < -0.4 is 14.8 Å². The second-order valence-corrected chi connectivity index (χ2v) is 21.7. The molecule has 1 N–H and O–H groups in total. The van der Waals surface area contributed by atoms with E-state index in [1.807, 2.05) is 0 Å². The van der Waals surface area contributed by atoms with Gasteiger partial charge in [0.1, 0.15) is 11.5 Å². The van der Waals surface area contributed by atoms with Crippen LogP contribution in [0.2, 0.25) is 18.1 Å². The Morgan fingerprint density at radius 3 is 1.36 bits per heavy atom. The zero-order chi connectivity index (χ0) is 41.0. The molecule has 2 atom stereocenters. The van der Waals surface area contributed by atoms with Crippen LogP contribution in [0.1, 0.15) is 54.2 Å². The standard InChI is InChI=1S/C52H62N2O3Si/c1-51(2,3)58(6,7)57-40-48(37-42-30-34-50(56-5)35-31-42)54(38-43-20-12-8-13-21-43)39-47(36-41-28-32-49(55-4)33-29-41)53-52(44-22-14-9-15-23-44,45-24-16-10-17-25-45)46-26-18-11-19-27-46/h8-35,47-48,53H,36-40H2,1-7H3/t47-,48-/m0/s1. The lowest BCUT2D eigenvalue weighted by atomic mass is 9.76. The van der Waals surface area contributed by atoms with Crippen molar-refractivity contribution in [2.24, 2.45) is 0 Å². The van der Waals surface area contributed by atoms with Crippen LogP contribution in [0.3, 0.4) is 0 Å². The van der Waals surface area contributed by atoms with Gasteiger partial charge >= 0.3 is 0 Å². The summed E-state index contributed by atoms with van der Waals surface area (Å²) in [4.78, 5) is 2.68. The fraction of sp³-hybridized carbons (Fsp3) is 0.308. The second kappa shape index (κ2) is 19.6. The first-order chi connectivity index (χ1) is 28.0. The van der Waals surface area contributed by atoms with Crippen molar-refractivity contribution >= 4 is 8.32 Å². The molecule has 6 rings (SSSR count). The lowest BCUT2D eigenvalue weighted by molar-refractivity contribution is 0.105. The molecule has 58 heavy (non-hydrogen) atoms. The van der Waals surface area contributed by atoms with E-state index >= 15 is 0 Å². The Hall–Kier alpha value is -4.98. The largest absolute Gasteiger partial charge is 0.497 e. The Bertz CT molecular complexity index is 1990. The minimum Gasteiger partial charge on any atom is -0.497 e. The number of ether oxygens (including phenoxy) is 2. The van der Waals surface area contributed by atoms with Crippen LogP contribution in [-0.2, 0) is 29.4 Å². The minimum absolute atomic E-state index is 0.0102. The summed E-state index contributed by atoms with van der Waals surface area (Å²) in [7, 11) is 1.36. The summed E-state index contributed by atoms with van der Waals surface area (Å²) in [5, 5.41) is 4.50. The fourth-order valence-electron chi connectivity index (χ4n) is 7.62. The third kappa shape index (κ3) is 10.7. The first kappa shape index (κ1) is 42.6. The number of rotatable bonds is 19. The Kier molecular flexibility index (Phi) is 14.4. The summed E-state index contributed by atoms with van der Waals surface area (Å²) in [5.41, 5.74) is 6.70. The summed E-state index contributed by atoms with van der Waals surface area (Å²) in [5.74, 6) is 1.72. The number of hydrogen-bond donors (Lipinski definition) is 1. The van der Waals surface area contributed by atoms with Gasteiger partial charge in [-0.25, -0.2) is 0 Å². The van der Waals surface area contributed by atoms with Gasteiger partial charge in [0.15, 0.2) is 8.32 Å². The lowest BCUT2D eigenvalue weighted by Crippen LogP contribution is -2.56. The van der Waals surface area contributed by atoms with Crippen molar-refractivity contribution in [1.82, 2.24) is 10.2 Å². The minimum atomic E-state index is -2.09. The molecule has 0 radical (unpaired) electrons. The van der Waals surface area contributed by atoms with Crippen molar-refractivity contribution in [3.05, 3.63) is 203 Å². The Morgan fingerprint density at radius 2 is 0.948 bits per heavy atom. The van der Waals surface area contributed by atoms with Crippen LogP contribution in [0, 0.1) is 0 Å². The zero-order valence-corrected chi connectivity index (χ0v) is 36.5. The molecule has 6 heteroatoms. The predicted octanol–water partition coefficient (Wildman–Crippen LogP) is 11.3. The van der Waals surface area contributed by atoms with Crippen molar-refractivity contribution in [3.8, 4) is 11.5 Å². The second-order valence-electron chi connectivity index (χ2n) is 16.9. The van der Waals surface area contributed by atoms with Crippen molar-refractivity contribution in [2.75, 3.05) is 27.4 Å². The highest BCUT2D eigenvalue weighted by Gasteiger charge is 2.40. The molecule has 6 aromatic rings. The van der Waals surface area contributed by atoms with Crippen molar-refractivity contribution in [3.63, 3.8) is 0 Å². The van der Waals surface area contributed by atoms with Crippen molar-refractivity contribution in [2.45, 2.75) is 75.9 Å². The van der Waals surface area contributed by atoms with Crippen LogP contribution in [0.4, 0.5) is 0 Å². The third-order valence-electron chi connectivity index (χ3n) is 12.0. The van der Waals surface area contributed by atoms with Crippen LogP contribution in [-0.4, -0.2) is 52.7 Å². The van der Waals surface area contributed by atoms with Crippen molar-refractivity contribution < 1.29 is 13.9 Å². The Labute approximate surface area is 349 Å². The molecular weight excluding hydrogens is 729 g/mol. The van der Waals surface area contributed by atoms with Crippen LogP contribution in [0.15, 0.2) is 170 Å². The molecule has 6 aromatic carbocycles. The smallest absolute Gasteiger partial charge is 0.192 e. The van der Waals surface area contributed by atoms with E-state index in [9.17, 15) is 0 Å². The van der Waals surface area contributed by atoms with Crippen LogP contribution >= 0.6 is 0 Å². The number of methoxy groups -OCH3 is 2. The normalized spacial score (nSPS) is 13.2. The Balaban J connectivity index is 1.50. The Morgan fingerprint density at radius 1 is 0.534 bits per heavy atom. The number of hydrogen-bond acceptors (Lipinski definition) is 5. The highest BCUT2D eigenvalue weighted by atomic mass is 28.4. The quantitative estimate of drug-likeness (QED) is 0.0654. The summed E-state index contributed by atoms with van der Waals surface area (Å²) in [6, 6.07) is 60.9. The molecule has 5 nitrogen and oxygen atoms in total. The third-order valence-corrected chi connectivity index (χ3v) is 16.5. The van der Waals surface area contributed by atoms with Crippen molar-refractivity contribution in [1.29, 1.82) is 0 Å². The van der Waals surface area contributed by atoms with Gasteiger partial charge in [-0.2, -0.15) is 0 Å². The monoisotopic (exact) mass is 790 g/mol. The van der Waals surface area contributed by atoms with E-state index < -0.39 is 13.9 Å². The van der Waals surface area contributed by atoms with Gasteiger partial charge in [-0.05, 0) is 88.6 Å². The molecule has 302 valence electrons.